The smallest absolute Gasteiger partial charge is 0.0681 e. The van der Waals surface area contributed by atoms with Crippen molar-refractivity contribution >= 4 is 0 Å². The van der Waals surface area contributed by atoms with Crippen LogP contribution >= 0.6 is 0 Å². The molecule has 106 valence electrons. The van der Waals surface area contributed by atoms with Gasteiger partial charge in [-0.25, -0.2) is 0 Å². The maximum Gasteiger partial charge on any atom is 0.0681 e. The molecule has 1 atom stereocenters. The Bertz CT molecular complexity index is 560. The third-order valence-corrected chi connectivity index (χ3v) is 3.93. The quantitative estimate of drug-likeness (QED) is 0.868. The molecule has 0 aliphatic heterocycles. The number of aliphatic hydroxyl groups is 1. The second kappa shape index (κ2) is 6.69. The molecule has 0 aliphatic rings. The van der Waals surface area contributed by atoms with E-state index in [1.165, 1.54) is 22.3 Å². The fraction of sp³-hybridized carbons (Fsp3) is 0.333. The van der Waals surface area contributed by atoms with Gasteiger partial charge in [-0.3, -0.25) is 0 Å². The third-order valence-electron chi connectivity index (χ3n) is 3.93. The van der Waals surface area contributed by atoms with E-state index < -0.39 is 0 Å². The zero-order chi connectivity index (χ0) is 14.5. The van der Waals surface area contributed by atoms with E-state index in [4.69, 9.17) is 5.11 Å². The Morgan fingerprint density at radius 3 is 2.30 bits per heavy atom. The molecule has 0 aliphatic carbocycles. The van der Waals surface area contributed by atoms with Gasteiger partial charge in [0.1, 0.15) is 0 Å². The van der Waals surface area contributed by atoms with E-state index in [0.29, 0.717) is 6.04 Å². The number of hydrogen-bond donors (Lipinski definition) is 2. The highest BCUT2D eigenvalue weighted by Gasteiger charge is 2.08. The summed E-state index contributed by atoms with van der Waals surface area (Å²) in [5.74, 6) is 0. The van der Waals surface area contributed by atoms with E-state index in [0.717, 1.165) is 12.1 Å². The van der Waals surface area contributed by atoms with Crippen molar-refractivity contribution in [1.82, 2.24) is 5.32 Å². The van der Waals surface area contributed by atoms with Crippen molar-refractivity contribution in [3.8, 4) is 0 Å². The summed E-state index contributed by atoms with van der Waals surface area (Å²) < 4.78 is 0. The topological polar surface area (TPSA) is 32.3 Å². The van der Waals surface area contributed by atoms with Crippen LogP contribution in [0.3, 0.4) is 0 Å². The standard InChI is InChI=1S/C18H23NO/c1-13-5-4-6-18(14(13)2)15(3)19-11-16-7-9-17(12-20)10-8-16/h4-10,15,19-20H,11-12H2,1-3H3. The molecule has 0 bridgehead atoms. The average molecular weight is 269 g/mol. The van der Waals surface area contributed by atoms with Crippen molar-refractivity contribution in [3.05, 3.63) is 70.3 Å². The lowest BCUT2D eigenvalue weighted by Gasteiger charge is -2.18. The van der Waals surface area contributed by atoms with Crippen LogP contribution in [-0.2, 0) is 13.2 Å². The molecule has 0 saturated carbocycles. The van der Waals surface area contributed by atoms with Crippen LogP contribution in [0.4, 0.5) is 0 Å². The third kappa shape index (κ3) is 3.47. The number of benzene rings is 2. The first kappa shape index (κ1) is 14.8. The minimum atomic E-state index is 0.104. The summed E-state index contributed by atoms with van der Waals surface area (Å²) in [6, 6.07) is 14.9. The van der Waals surface area contributed by atoms with Crippen molar-refractivity contribution < 1.29 is 5.11 Å². The van der Waals surface area contributed by atoms with E-state index in [9.17, 15) is 0 Å². The van der Waals surface area contributed by atoms with Gasteiger partial charge < -0.3 is 10.4 Å². The lowest BCUT2D eigenvalue weighted by Crippen LogP contribution is -2.19. The number of hydrogen-bond acceptors (Lipinski definition) is 2. The van der Waals surface area contributed by atoms with Gasteiger partial charge in [0.25, 0.3) is 0 Å². The molecule has 0 heterocycles. The molecule has 0 saturated heterocycles. The van der Waals surface area contributed by atoms with Crippen LogP contribution in [0, 0.1) is 13.8 Å². The Morgan fingerprint density at radius 2 is 1.65 bits per heavy atom. The molecule has 1 unspecified atom stereocenters. The first-order valence-electron chi connectivity index (χ1n) is 7.10. The highest BCUT2D eigenvalue weighted by Crippen LogP contribution is 2.20. The highest BCUT2D eigenvalue weighted by molar-refractivity contribution is 5.35. The number of aliphatic hydroxyl groups excluding tert-OH is 1. The predicted molar refractivity (Wildman–Crippen MR) is 83.5 cm³/mol. The Labute approximate surface area is 121 Å². The molecule has 0 spiro atoms. The monoisotopic (exact) mass is 269 g/mol. The summed E-state index contributed by atoms with van der Waals surface area (Å²) in [5, 5.41) is 12.6. The molecular weight excluding hydrogens is 246 g/mol. The van der Waals surface area contributed by atoms with E-state index in [-0.39, 0.29) is 6.61 Å². The largest absolute Gasteiger partial charge is 0.392 e. The van der Waals surface area contributed by atoms with Crippen molar-refractivity contribution in [3.63, 3.8) is 0 Å². The summed E-state index contributed by atoms with van der Waals surface area (Å²) in [5.41, 5.74) is 6.25. The average Bonchev–Trinajstić information content (AvgIpc) is 2.48. The Balaban J connectivity index is 2.00. The second-order valence-corrected chi connectivity index (χ2v) is 5.37. The van der Waals surface area contributed by atoms with Crippen molar-refractivity contribution in [2.75, 3.05) is 0 Å². The van der Waals surface area contributed by atoms with E-state index in [1.54, 1.807) is 0 Å². The van der Waals surface area contributed by atoms with Crippen molar-refractivity contribution in [1.29, 1.82) is 0 Å². The van der Waals surface area contributed by atoms with Gasteiger partial charge in [-0.2, -0.15) is 0 Å². The van der Waals surface area contributed by atoms with Crippen LogP contribution in [0.25, 0.3) is 0 Å². The molecule has 2 rings (SSSR count). The summed E-state index contributed by atoms with van der Waals surface area (Å²) in [6.45, 7) is 7.47. The van der Waals surface area contributed by atoms with Crippen molar-refractivity contribution in [2.24, 2.45) is 0 Å². The van der Waals surface area contributed by atoms with Gasteiger partial charge in [-0.1, -0.05) is 42.5 Å². The Morgan fingerprint density at radius 1 is 1.00 bits per heavy atom. The van der Waals surface area contributed by atoms with Gasteiger partial charge in [0.15, 0.2) is 0 Å². The molecule has 0 aromatic heterocycles. The van der Waals surface area contributed by atoms with Gasteiger partial charge >= 0.3 is 0 Å². The second-order valence-electron chi connectivity index (χ2n) is 5.37. The van der Waals surface area contributed by atoms with E-state index >= 15 is 0 Å². The van der Waals surface area contributed by atoms with Crippen LogP contribution in [0.1, 0.15) is 40.8 Å². The summed E-state index contributed by atoms with van der Waals surface area (Å²) in [6.07, 6.45) is 0. The number of aryl methyl sites for hydroxylation is 1. The van der Waals surface area contributed by atoms with Gasteiger partial charge in [0.2, 0.25) is 0 Å². The zero-order valence-electron chi connectivity index (χ0n) is 12.5. The van der Waals surface area contributed by atoms with Gasteiger partial charge in [-0.15, -0.1) is 0 Å². The minimum absolute atomic E-state index is 0.104. The zero-order valence-corrected chi connectivity index (χ0v) is 12.5. The number of nitrogens with one attached hydrogen (secondary N) is 1. The van der Waals surface area contributed by atoms with Crippen LogP contribution in [0.5, 0.6) is 0 Å². The number of rotatable bonds is 5. The predicted octanol–water partition coefficient (Wildman–Crippen LogP) is 3.65. The van der Waals surface area contributed by atoms with E-state index in [1.807, 2.05) is 12.1 Å². The fourth-order valence-corrected chi connectivity index (χ4v) is 2.39. The molecule has 0 amide bonds. The summed E-state index contributed by atoms with van der Waals surface area (Å²) in [4.78, 5) is 0. The van der Waals surface area contributed by atoms with Gasteiger partial charge in [0, 0.05) is 12.6 Å². The lowest BCUT2D eigenvalue weighted by molar-refractivity contribution is 0.282. The first-order chi connectivity index (χ1) is 9.61. The fourth-order valence-electron chi connectivity index (χ4n) is 2.39. The first-order valence-corrected chi connectivity index (χ1v) is 7.10. The van der Waals surface area contributed by atoms with Crippen LogP contribution in [0.2, 0.25) is 0 Å². The minimum Gasteiger partial charge on any atom is -0.392 e. The normalized spacial score (nSPS) is 12.4. The molecular formula is C18H23NO. The van der Waals surface area contributed by atoms with Crippen LogP contribution in [0.15, 0.2) is 42.5 Å². The molecule has 2 aromatic carbocycles. The van der Waals surface area contributed by atoms with Crippen LogP contribution < -0.4 is 5.32 Å². The summed E-state index contributed by atoms with van der Waals surface area (Å²) >= 11 is 0. The van der Waals surface area contributed by atoms with Crippen molar-refractivity contribution in [2.45, 2.75) is 40.0 Å². The molecule has 2 aromatic rings. The molecule has 2 heteroatoms. The maximum atomic E-state index is 9.04. The van der Waals surface area contributed by atoms with E-state index in [2.05, 4.69) is 56.4 Å². The Kier molecular flexibility index (Phi) is 4.94. The Hall–Kier alpha value is -1.64. The summed E-state index contributed by atoms with van der Waals surface area (Å²) in [7, 11) is 0. The molecule has 0 fully saturated rings. The highest BCUT2D eigenvalue weighted by atomic mass is 16.3. The molecule has 20 heavy (non-hydrogen) atoms. The maximum absolute atomic E-state index is 9.04. The SMILES string of the molecule is Cc1cccc(C(C)NCc2ccc(CO)cc2)c1C. The van der Waals surface area contributed by atoms with Crippen LogP contribution in [-0.4, -0.2) is 5.11 Å². The molecule has 2 nitrogen and oxygen atoms in total. The molecule has 2 N–H and O–H groups in total. The molecule has 0 radical (unpaired) electrons. The lowest BCUT2D eigenvalue weighted by atomic mass is 9.98. The van der Waals surface area contributed by atoms with Gasteiger partial charge in [-0.05, 0) is 48.6 Å². The van der Waals surface area contributed by atoms with Gasteiger partial charge in [0.05, 0.1) is 6.61 Å².